The molecule has 0 aromatic carbocycles. The van der Waals surface area contributed by atoms with E-state index in [2.05, 4.69) is 15.7 Å². The lowest BCUT2D eigenvalue weighted by Crippen LogP contribution is -2.49. The van der Waals surface area contributed by atoms with Gasteiger partial charge in [0.25, 0.3) is 11.8 Å². The van der Waals surface area contributed by atoms with Crippen LogP contribution in [0.5, 0.6) is 0 Å². The maximum atomic E-state index is 12.2. The average molecular weight is 358 g/mol. The van der Waals surface area contributed by atoms with Gasteiger partial charge >= 0.3 is 12.1 Å². The maximum Gasteiger partial charge on any atom is 0.408 e. The summed E-state index contributed by atoms with van der Waals surface area (Å²) in [7, 11) is 0. The molecule has 25 heavy (non-hydrogen) atoms. The Balaban J connectivity index is 2.81. The van der Waals surface area contributed by atoms with Gasteiger partial charge in [0.15, 0.2) is 6.04 Å². The summed E-state index contributed by atoms with van der Waals surface area (Å²) in [4.78, 5) is 55.5. The van der Waals surface area contributed by atoms with Gasteiger partial charge in [-0.15, -0.1) is 5.06 Å². The quantitative estimate of drug-likeness (QED) is 0.146. The molecule has 3 amide bonds. The summed E-state index contributed by atoms with van der Waals surface area (Å²) in [6.45, 7) is 4.55. The molecule has 1 atom stereocenters. The lowest BCUT2D eigenvalue weighted by atomic mass is 10.2. The van der Waals surface area contributed by atoms with Gasteiger partial charge in [-0.25, -0.2) is 20.4 Å². The number of alkyl carbamates (subject to hydrolysis) is 1. The van der Waals surface area contributed by atoms with Crippen molar-refractivity contribution in [2.75, 3.05) is 6.54 Å². The van der Waals surface area contributed by atoms with Crippen molar-refractivity contribution in [3.8, 4) is 0 Å². The first-order chi connectivity index (χ1) is 11.5. The van der Waals surface area contributed by atoms with Gasteiger partial charge in [0, 0.05) is 12.8 Å². The molecule has 1 aliphatic heterocycles. The number of nitrogens with one attached hydrogen (secondary N) is 2. The molecule has 1 aliphatic rings. The van der Waals surface area contributed by atoms with E-state index in [9.17, 15) is 19.2 Å². The van der Waals surface area contributed by atoms with Crippen molar-refractivity contribution in [2.24, 2.45) is 16.6 Å². The van der Waals surface area contributed by atoms with E-state index in [1.807, 2.05) is 0 Å². The Bertz CT molecular complexity index is 568. The van der Waals surface area contributed by atoms with Gasteiger partial charge < -0.3 is 20.6 Å². The van der Waals surface area contributed by atoms with Crippen LogP contribution in [-0.4, -0.2) is 53.1 Å². The van der Waals surface area contributed by atoms with Crippen LogP contribution in [0.1, 0.15) is 33.6 Å². The second-order valence-electron chi connectivity index (χ2n) is 6.06. The van der Waals surface area contributed by atoms with Crippen LogP contribution >= 0.6 is 0 Å². The fourth-order valence-corrected chi connectivity index (χ4v) is 1.68. The Morgan fingerprint density at radius 3 is 2.32 bits per heavy atom. The Kier molecular flexibility index (Phi) is 6.68. The molecule has 6 N–H and O–H groups in total. The monoisotopic (exact) mass is 358 g/mol. The van der Waals surface area contributed by atoms with Crippen molar-refractivity contribution in [1.29, 1.82) is 0 Å². The fraction of sp³-hybridized carbons (Fsp3) is 0.615. The normalized spacial score (nSPS) is 16.5. The third-order valence-electron chi connectivity index (χ3n) is 2.75. The van der Waals surface area contributed by atoms with E-state index in [1.165, 1.54) is 0 Å². The Morgan fingerprint density at radius 1 is 1.28 bits per heavy atom. The highest BCUT2D eigenvalue weighted by Gasteiger charge is 2.35. The number of imide groups is 1. The molecule has 0 bridgehead atoms. The van der Waals surface area contributed by atoms with Gasteiger partial charge in [-0.1, -0.05) is 0 Å². The summed E-state index contributed by atoms with van der Waals surface area (Å²) in [6.07, 6.45) is -1.03. The molecule has 140 valence electrons. The van der Waals surface area contributed by atoms with Crippen molar-refractivity contribution in [2.45, 2.75) is 45.3 Å². The number of nitrogens with zero attached hydrogens (tertiary/aromatic N) is 2. The minimum atomic E-state index is -1.36. The summed E-state index contributed by atoms with van der Waals surface area (Å²) < 4.78 is 5.04. The standard InChI is InChI=1S/C13H22N6O6/c1-13(2,3)24-12(23)17-7(6-16-11(14)18-15)10(22)25-19-8(20)4-5-9(19)21/h7H,4-6,15H2,1-3H3,(H,17,23)(H3,14,16,18). The number of aliphatic imine (C=N–C) groups is 1. The number of nitrogens with two attached hydrogens (primary N) is 2. The molecule has 0 aromatic rings. The summed E-state index contributed by atoms with van der Waals surface area (Å²) in [5.74, 6) is 2.47. The van der Waals surface area contributed by atoms with E-state index in [1.54, 1.807) is 20.8 Å². The van der Waals surface area contributed by atoms with E-state index in [0.717, 1.165) is 0 Å². The second kappa shape index (κ2) is 8.28. The van der Waals surface area contributed by atoms with Crippen LogP contribution < -0.4 is 22.3 Å². The topological polar surface area (TPSA) is 178 Å². The lowest BCUT2D eigenvalue weighted by molar-refractivity contribution is -0.198. The molecule has 0 spiro atoms. The smallest absolute Gasteiger partial charge is 0.408 e. The van der Waals surface area contributed by atoms with Gasteiger partial charge in [-0.05, 0) is 20.8 Å². The van der Waals surface area contributed by atoms with Crippen molar-refractivity contribution in [3.05, 3.63) is 0 Å². The summed E-state index contributed by atoms with van der Waals surface area (Å²) in [5, 5.41) is 2.60. The molecule has 1 rings (SSSR count). The first-order valence-corrected chi connectivity index (χ1v) is 7.37. The van der Waals surface area contributed by atoms with E-state index in [4.69, 9.17) is 21.2 Å². The van der Waals surface area contributed by atoms with Gasteiger partial charge in [-0.2, -0.15) is 0 Å². The largest absolute Gasteiger partial charge is 0.444 e. The first-order valence-electron chi connectivity index (χ1n) is 7.37. The van der Waals surface area contributed by atoms with E-state index in [-0.39, 0.29) is 25.3 Å². The maximum absolute atomic E-state index is 12.2. The minimum absolute atomic E-state index is 0.0571. The zero-order valence-electron chi connectivity index (χ0n) is 14.2. The predicted molar refractivity (Wildman–Crippen MR) is 84.1 cm³/mol. The number of hydrazine groups is 1. The molecular formula is C13H22N6O6. The third-order valence-corrected chi connectivity index (χ3v) is 2.75. The van der Waals surface area contributed by atoms with E-state index in [0.29, 0.717) is 5.06 Å². The zero-order valence-corrected chi connectivity index (χ0v) is 14.2. The van der Waals surface area contributed by atoms with Crippen LogP contribution in [0.2, 0.25) is 0 Å². The van der Waals surface area contributed by atoms with E-state index < -0.39 is 35.5 Å². The average Bonchev–Trinajstić information content (AvgIpc) is 2.80. The summed E-state index contributed by atoms with van der Waals surface area (Å²) >= 11 is 0. The van der Waals surface area contributed by atoms with Crippen LogP contribution in [0.4, 0.5) is 4.79 Å². The highest BCUT2D eigenvalue weighted by atomic mass is 16.7. The van der Waals surface area contributed by atoms with Crippen molar-refractivity contribution >= 4 is 29.8 Å². The number of amides is 3. The number of ether oxygens (including phenoxy) is 1. The second-order valence-corrected chi connectivity index (χ2v) is 6.06. The number of hydrogen-bond donors (Lipinski definition) is 4. The number of carbonyl (C=O) groups excluding carboxylic acids is 4. The summed E-state index contributed by atoms with van der Waals surface area (Å²) in [6, 6.07) is -1.36. The highest BCUT2D eigenvalue weighted by molar-refractivity contribution is 6.01. The molecule has 0 radical (unpaired) electrons. The van der Waals surface area contributed by atoms with Crippen molar-refractivity contribution in [3.63, 3.8) is 0 Å². The van der Waals surface area contributed by atoms with Crippen LogP contribution in [-0.2, 0) is 24.0 Å². The molecule has 1 unspecified atom stereocenters. The molecule has 0 saturated carbocycles. The molecular weight excluding hydrogens is 336 g/mol. The molecule has 0 aliphatic carbocycles. The first kappa shape index (κ1) is 20.2. The van der Waals surface area contributed by atoms with Gasteiger partial charge in [0.1, 0.15) is 5.60 Å². The molecule has 1 heterocycles. The summed E-state index contributed by atoms with van der Waals surface area (Å²) in [5.41, 5.74) is 6.61. The molecule has 0 aromatic heterocycles. The number of hydroxylamine groups is 2. The van der Waals surface area contributed by atoms with Crippen LogP contribution in [0, 0.1) is 0 Å². The van der Waals surface area contributed by atoms with Crippen LogP contribution in [0.25, 0.3) is 0 Å². The number of carbonyl (C=O) groups is 4. The van der Waals surface area contributed by atoms with Crippen LogP contribution in [0.15, 0.2) is 4.99 Å². The zero-order chi connectivity index (χ0) is 19.2. The van der Waals surface area contributed by atoms with Gasteiger partial charge in [0.05, 0.1) is 6.54 Å². The molecule has 12 heteroatoms. The van der Waals surface area contributed by atoms with Crippen molar-refractivity contribution in [1.82, 2.24) is 15.8 Å². The Morgan fingerprint density at radius 2 is 1.84 bits per heavy atom. The predicted octanol–water partition coefficient (Wildman–Crippen LogP) is -1.74. The van der Waals surface area contributed by atoms with Gasteiger partial charge in [0.2, 0.25) is 5.96 Å². The SMILES string of the molecule is CC(C)(C)OC(=O)NC(CN=C(N)NN)C(=O)ON1C(=O)CCC1=O. The number of rotatable bonds is 5. The highest BCUT2D eigenvalue weighted by Crippen LogP contribution is 2.13. The van der Waals surface area contributed by atoms with Crippen molar-refractivity contribution < 1.29 is 28.8 Å². The Hall–Kier alpha value is -2.89. The van der Waals surface area contributed by atoms with Crippen LogP contribution in [0.3, 0.4) is 0 Å². The molecule has 1 saturated heterocycles. The minimum Gasteiger partial charge on any atom is -0.444 e. The number of hydrogen-bond acceptors (Lipinski definition) is 8. The number of guanidine groups is 1. The fourth-order valence-electron chi connectivity index (χ4n) is 1.68. The third kappa shape index (κ3) is 6.63. The molecule has 1 fully saturated rings. The van der Waals surface area contributed by atoms with E-state index >= 15 is 0 Å². The lowest BCUT2D eigenvalue weighted by Gasteiger charge is -2.23. The van der Waals surface area contributed by atoms with Gasteiger partial charge in [-0.3, -0.25) is 15.0 Å². The Labute approximate surface area is 143 Å². The molecule has 12 nitrogen and oxygen atoms in total.